The topological polar surface area (TPSA) is 76.1 Å². The molecule has 2 aromatic rings. The highest BCUT2D eigenvalue weighted by Gasteiger charge is 2.55. The Bertz CT molecular complexity index is 985. The van der Waals surface area contributed by atoms with Crippen molar-refractivity contribution < 1.29 is 14.8 Å². The highest BCUT2D eigenvalue weighted by Crippen LogP contribution is 2.38. The normalized spacial score (nSPS) is 17.6. The van der Waals surface area contributed by atoms with Gasteiger partial charge >= 0.3 is 12.1 Å². The Hall–Kier alpha value is -2.48. The molecule has 3 rings (SSSR count). The summed E-state index contributed by atoms with van der Waals surface area (Å²) in [5, 5.41) is 15.1. The van der Waals surface area contributed by atoms with Gasteiger partial charge in [0.1, 0.15) is 0 Å². The zero-order valence-electron chi connectivity index (χ0n) is 18.4. The van der Waals surface area contributed by atoms with Gasteiger partial charge in [-0.3, -0.25) is 10.1 Å². The predicted molar refractivity (Wildman–Crippen MR) is 128 cm³/mol. The molecule has 0 aliphatic carbocycles. The average molecular weight is 479 g/mol. The maximum atomic E-state index is 13.5. The van der Waals surface area contributed by atoms with Crippen LogP contribution in [0.15, 0.2) is 48.5 Å². The van der Waals surface area contributed by atoms with E-state index >= 15 is 0 Å². The maximum absolute atomic E-state index is 13.5. The second-order valence-electron chi connectivity index (χ2n) is 8.30. The number of unbranched alkanes of at least 4 members (excludes halogenated alkanes) is 2. The SMILES string of the molecule is CCCCCN1C(=O)N(c2cccc(Cl)c2)C(N(O)C(=O)Nc2cccc(Cl)c2)C1(C)C. The van der Waals surface area contributed by atoms with Gasteiger partial charge < -0.3 is 10.2 Å². The zero-order chi connectivity index (χ0) is 23.5. The molecule has 2 N–H and O–H groups in total. The van der Waals surface area contributed by atoms with E-state index in [-0.39, 0.29) is 6.03 Å². The summed E-state index contributed by atoms with van der Waals surface area (Å²) in [6.07, 6.45) is 1.81. The highest BCUT2D eigenvalue weighted by atomic mass is 35.5. The third kappa shape index (κ3) is 4.95. The minimum atomic E-state index is -0.991. The van der Waals surface area contributed by atoms with Gasteiger partial charge in [0.05, 0.1) is 5.54 Å². The van der Waals surface area contributed by atoms with Crippen LogP contribution in [-0.4, -0.2) is 45.5 Å². The number of anilines is 2. The maximum Gasteiger partial charge on any atom is 0.347 e. The van der Waals surface area contributed by atoms with Crippen LogP contribution in [0.25, 0.3) is 0 Å². The van der Waals surface area contributed by atoms with Crippen LogP contribution in [-0.2, 0) is 0 Å². The lowest BCUT2D eigenvalue weighted by Gasteiger charge is -2.38. The molecule has 0 spiro atoms. The number of urea groups is 2. The second-order valence-corrected chi connectivity index (χ2v) is 9.18. The number of hydroxylamine groups is 2. The van der Waals surface area contributed by atoms with Crippen molar-refractivity contribution in [2.75, 3.05) is 16.8 Å². The summed E-state index contributed by atoms with van der Waals surface area (Å²) in [6, 6.07) is 12.3. The molecule has 32 heavy (non-hydrogen) atoms. The molecule has 0 saturated carbocycles. The van der Waals surface area contributed by atoms with E-state index in [1.165, 1.54) is 4.90 Å². The molecule has 4 amide bonds. The number of rotatable bonds is 7. The van der Waals surface area contributed by atoms with Crippen LogP contribution in [0.2, 0.25) is 10.0 Å². The Labute approximate surface area is 198 Å². The third-order valence-electron chi connectivity index (χ3n) is 5.60. The molecule has 1 aliphatic heterocycles. The zero-order valence-corrected chi connectivity index (χ0v) is 19.9. The third-order valence-corrected chi connectivity index (χ3v) is 6.07. The molecule has 9 heteroatoms. The lowest BCUT2D eigenvalue weighted by Crippen LogP contribution is -2.58. The quantitative estimate of drug-likeness (QED) is 0.272. The number of hydrogen-bond acceptors (Lipinski definition) is 3. The highest BCUT2D eigenvalue weighted by molar-refractivity contribution is 6.31. The van der Waals surface area contributed by atoms with Crippen LogP contribution in [0, 0.1) is 0 Å². The first-order valence-electron chi connectivity index (χ1n) is 10.6. The number of nitrogens with one attached hydrogen (secondary N) is 1. The van der Waals surface area contributed by atoms with Gasteiger partial charge in [-0.25, -0.2) is 9.59 Å². The van der Waals surface area contributed by atoms with E-state index in [0.29, 0.717) is 33.0 Å². The van der Waals surface area contributed by atoms with Crippen molar-refractivity contribution in [3.05, 3.63) is 58.6 Å². The molecule has 0 bridgehead atoms. The fraction of sp³-hybridized carbons (Fsp3) is 0.391. The van der Waals surface area contributed by atoms with Gasteiger partial charge in [-0.1, -0.05) is 55.1 Å². The minimum absolute atomic E-state index is 0.298. The van der Waals surface area contributed by atoms with Gasteiger partial charge in [0.25, 0.3) is 0 Å². The molecule has 0 aromatic heterocycles. The summed E-state index contributed by atoms with van der Waals surface area (Å²) in [6.45, 7) is 6.27. The molecular weight excluding hydrogens is 451 g/mol. The van der Waals surface area contributed by atoms with E-state index in [0.717, 1.165) is 19.3 Å². The number of benzene rings is 2. The molecule has 1 heterocycles. The fourth-order valence-corrected chi connectivity index (χ4v) is 4.36. The van der Waals surface area contributed by atoms with Crippen molar-refractivity contribution in [3.63, 3.8) is 0 Å². The number of halogens is 2. The predicted octanol–water partition coefficient (Wildman–Crippen LogP) is 6.45. The Morgan fingerprint density at radius 1 is 1.12 bits per heavy atom. The standard InChI is InChI=1S/C23H28Cl2N4O3/c1-4-5-6-13-27-22(31)28(19-12-8-10-17(25)15-19)20(23(27,2)3)29(32)21(30)26-18-11-7-9-16(24)14-18/h7-12,14-15,20,32H,4-6,13H2,1-3H3,(H,26,30). The van der Waals surface area contributed by atoms with Crippen molar-refractivity contribution in [1.29, 1.82) is 0 Å². The monoisotopic (exact) mass is 478 g/mol. The Morgan fingerprint density at radius 3 is 2.41 bits per heavy atom. The number of hydrogen-bond donors (Lipinski definition) is 2. The summed E-state index contributed by atoms with van der Waals surface area (Å²) in [4.78, 5) is 29.6. The lowest BCUT2D eigenvalue weighted by molar-refractivity contribution is -0.0949. The van der Waals surface area contributed by atoms with E-state index in [9.17, 15) is 14.8 Å². The van der Waals surface area contributed by atoms with E-state index < -0.39 is 17.7 Å². The molecule has 1 aliphatic rings. The smallest absolute Gasteiger partial charge is 0.315 e. The van der Waals surface area contributed by atoms with Crippen LogP contribution < -0.4 is 10.2 Å². The average Bonchev–Trinajstić information content (AvgIpc) is 2.93. The molecule has 7 nitrogen and oxygen atoms in total. The van der Waals surface area contributed by atoms with Crippen LogP contribution in [0.5, 0.6) is 0 Å². The molecular formula is C23H28Cl2N4O3. The van der Waals surface area contributed by atoms with Crippen LogP contribution in [0.3, 0.4) is 0 Å². The van der Waals surface area contributed by atoms with Crippen molar-refractivity contribution in [3.8, 4) is 0 Å². The number of carbonyl (C=O) groups is 2. The Morgan fingerprint density at radius 2 is 1.78 bits per heavy atom. The molecule has 1 saturated heterocycles. The van der Waals surface area contributed by atoms with Gasteiger partial charge in [0, 0.05) is 28.0 Å². The van der Waals surface area contributed by atoms with Crippen molar-refractivity contribution in [1.82, 2.24) is 9.96 Å². The number of nitrogens with zero attached hydrogens (tertiary/aromatic N) is 3. The number of amides is 4. The molecule has 1 unspecified atom stereocenters. The van der Waals surface area contributed by atoms with E-state index in [2.05, 4.69) is 12.2 Å². The fourth-order valence-electron chi connectivity index (χ4n) is 3.98. The van der Waals surface area contributed by atoms with Crippen LogP contribution in [0.1, 0.15) is 40.0 Å². The summed E-state index contributed by atoms with van der Waals surface area (Å²) in [5.41, 5.74) is 0.0408. The molecule has 0 radical (unpaired) electrons. The summed E-state index contributed by atoms with van der Waals surface area (Å²) < 4.78 is 0. The van der Waals surface area contributed by atoms with E-state index in [1.54, 1.807) is 53.4 Å². The molecule has 1 atom stereocenters. The molecule has 2 aromatic carbocycles. The van der Waals surface area contributed by atoms with Crippen LogP contribution in [0.4, 0.5) is 21.0 Å². The number of carbonyl (C=O) groups excluding carboxylic acids is 2. The first kappa shape index (κ1) is 24.2. The van der Waals surface area contributed by atoms with Crippen LogP contribution >= 0.6 is 23.2 Å². The van der Waals surface area contributed by atoms with Gasteiger partial charge in [0.15, 0.2) is 6.17 Å². The van der Waals surface area contributed by atoms with Gasteiger partial charge in [-0.2, -0.15) is 5.06 Å². The first-order chi connectivity index (χ1) is 15.2. The van der Waals surface area contributed by atoms with Crippen molar-refractivity contribution in [2.45, 2.75) is 51.7 Å². The van der Waals surface area contributed by atoms with Gasteiger partial charge in [0.2, 0.25) is 0 Å². The van der Waals surface area contributed by atoms with Crippen molar-refractivity contribution >= 4 is 46.6 Å². The minimum Gasteiger partial charge on any atom is -0.315 e. The lowest BCUT2D eigenvalue weighted by atomic mass is 9.99. The molecule has 1 fully saturated rings. The Kier molecular flexibility index (Phi) is 7.54. The largest absolute Gasteiger partial charge is 0.347 e. The van der Waals surface area contributed by atoms with Gasteiger partial charge in [-0.05, 0) is 56.7 Å². The van der Waals surface area contributed by atoms with E-state index in [1.807, 2.05) is 13.8 Å². The molecule has 172 valence electrons. The summed E-state index contributed by atoms with van der Waals surface area (Å²) in [5.74, 6) is 0. The van der Waals surface area contributed by atoms with Crippen molar-refractivity contribution in [2.24, 2.45) is 0 Å². The van der Waals surface area contributed by atoms with E-state index in [4.69, 9.17) is 23.2 Å². The van der Waals surface area contributed by atoms with Gasteiger partial charge in [-0.15, -0.1) is 0 Å². The first-order valence-corrected chi connectivity index (χ1v) is 11.3. The summed E-state index contributed by atoms with van der Waals surface area (Å²) >= 11 is 12.2. The second kappa shape index (κ2) is 9.98. The summed E-state index contributed by atoms with van der Waals surface area (Å²) in [7, 11) is 0. The Balaban J connectivity index is 1.95.